The van der Waals surface area contributed by atoms with E-state index in [2.05, 4.69) is 17.6 Å². The first kappa shape index (κ1) is 18.5. The highest BCUT2D eigenvalue weighted by Crippen LogP contribution is 2.51. The summed E-state index contributed by atoms with van der Waals surface area (Å²) in [6.45, 7) is 2.29. The van der Waals surface area contributed by atoms with Gasteiger partial charge in [-0.15, -0.1) is 11.8 Å². The van der Waals surface area contributed by atoms with Crippen molar-refractivity contribution in [2.24, 2.45) is 11.8 Å². The first-order valence-electron chi connectivity index (χ1n) is 9.30. The molecule has 4 atom stereocenters. The van der Waals surface area contributed by atoms with Gasteiger partial charge in [0.05, 0.1) is 32.6 Å². The molecule has 0 radical (unpaired) electrons. The van der Waals surface area contributed by atoms with Gasteiger partial charge in [0, 0.05) is 0 Å². The number of rotatable bonds is 4. The van der Waals surface area contributed by atoms with Gasteiger partial charge in [-0.25, -0.2) is 0 Å². The summed E-state index contributed by atoms with van der Waals surface area (Å²) in [5, 5.41) is 6.83. The van der Waals surface area contributed by atoms with E-state index in [1.165, 1.54) is 16.9 Å². The second-order valence-electron chi connectivity index (χ2n) is 7.38. The minimum atomic E-state index is -0.293. The summed E-state index contributed by atoms with van der Waals surface area (Å²) in [5.41, 5.74) is 2.23. The molecule has 1 fully saturated rings. The van der Waals surface area contributed by atoms with Crippen molar-refractivity contribution >= 4 is 17.7 Å². The topological polar surface area (TPSA) is 68.8 Å². The number of nitrogens with one attached hydrogen (secondary N) is 2. The Hall–Kier alpha value is -1.86. The number of amides is 1. The van der Waals surface area contributed by atoms with E-state index in [4.69, 9.17) is 14.2 Å². The molecule has 4 rings (SSSR count). The average molecular weight is 391 g/mol. The van der Waals surface area contributed by atoms with Crippen LogP contribution in [-0.4, -0.2) is 32.6 Å². The van der Waals surface area contributed by atoms with Gasteiger partial charge in [0.15, 0.2) is 11.5 Å². The second-order valence-corrected chi connectivity index (χ2v) is 8.62. The fourth-order valence-electron chi connectivity index (χ4n) is 4.26. The van der Waals surface area contributed by atoms with E-state index in [9.17, 15) is 4.79 Å². The van der Waals surface area contributed by atoms with Gasteiger partial charge in [0.1, 0.15) is 6.17 Å². The molecule has 0 spiro atoms. The first-order chi connectivity index (χ1) is 13.0. The zero-order valence-electron chi connectivity index (χ0n) is 16.1. The lowest BCUT2D eigenvalue weighted by molar-refractivity contribution is -0.127. The first-order valence-corrected chi connectivity index (χ1v) is 10.2. The fraction of sp³-hybridized carbons (Fsp3) is 0.550. The lowest BCUT2D eigenvalue weighted by Gasteiger charge is -2.35. The monoisotopic (exact) mass is 390 g/mol. The van der Waals surface area contributed by atoms with E-state index in [-0.39, 0.29) is 23.4 Å². The lowest BCUT2D eigenvalue weighted by atomic mass is 9.83. The molecule has 27 heavy (non-hydrogen) atoms. The highest BCUT2D eigenvalue weighted by molar-refractivity contribution is 8.04. The van der Waals surface area contributed by atoms with E-state index in [1.807, 2.05) is 23.9 Å². The Labute approximate surface area is 164 Å². The molecular formula is C20H26N2O4S. The molecule has 0 aromatic heterocycles. The number of carbonyl (C=O) groups is 1. The quantitative estimate of drug-likeness (QED) is 0.823. The van der Waals surface area contributed by atoms with Gasteiger partial charge in [-0.1, -0.05) is 6.92 Å². The molecule has 1 saturated heterocycles. The third kappa shape index (κ3) is 3.17. The van der Waals surface area contributed by atoms with Crippen molar-refractivity contribution < 1.29 is 19.0 Å². The number of ether oxygens (including phenoxy) is 3. The van der Waals surface area contributed by atoms with E-state index in [1.54, 1.807) is 21.3 Å². The van der Waals surface area contributed by atoms with E-state index >= 15 is 0 Å². The lowest BCUT2D eigenvalue weighted by Crippen LogP contribution is -2.54. The van der Waals surface area contributed by atoms with Gasteiger partial charge in [-0.3, -0.25) is 10.1 Å². The molecule has 2 N–H and O–H groups in total. The van der Waals surface area contributed by atoms with Crippen LogP contribution in [0.2, 0.25) is 0 Å². The second kappa shape index (κ2) is 7.28. The predicted molar refractivity (Wildman–Crippen MR) is 105 cm³/mol. The van der Waals surface area contributed by atoms with Crippen LogP contribution in [0.3, 0.4) is 0 Å². The van der Waals surface area contributed by atoms with Crippen molar-refractivity contribution in [3.63, 3.8) is 0 Å². The minimum Gasteiger partial charge on any atom is -0.493 e. The summed E-state index contributed by atoms with van der Waals surface area (Å²) in [6, 6.07) is 3.77. The van der Waals surface area contributed by atoms with Gasteiger partial charge >= 0.3 is 0 Å². The molecule has 6 nitrogen and oxygen atoms in total. The van der Waals surface area contributed by atoms with Crippen molar-refractivity contribution in [1.82, 2.24) is 10.6 Å². The molecule has 0 saturated carbocycles. The van der Waals surface area contributed by atoms with Gasteiger partial charge in [-0.05, 0) is 53.4 Å². The average Bonchev–Trinajstić information content (AvgIpc) is 3.04. The zero-order chi connectivity index (χ0) is 19.1. The van der Waals surface area contributed by atoms with Crippen LogP contribution in [0.1, 0.15) is 37.9 Å². The van der Waals surface area contributed by atoms with Crippen molar-refractivity contribution in [1.29, 1.82) is 0 Å². The Morgan fingerprint density at radius 1 is 1.11 bits per heavy atom. The van der Waals surface area contributed by atoms with Gasteiger partial charge in [0.25, 0.3) is 0 Å². The van der Waals surface area contributed by atoms with Gasteiger partial charge in [0.2, 0.25) is 11.7 Å². The molecule has 2 aliphatic heterocycles. The highest BCUT2D eigenvalue weighted by atomic mass is 32.2. The van der Waals surface area contributed by atoms with Crippen LogP contribution in [0, 0.1) is 11.8 Å². The molecule has 146 valence electrons. The van der Waals surface area contributed by atoms with Crippen LogP contribution in [0.15, 0.2) is 22.6 Å². The molecular weight excluding hydrogens is 364 g/mol. The Morgan fingerprint density at radius 2 is 1.81 bits per heavy atom. The number of thioether (sulfide) groups is 1. The minimum absolute atomic E-state index is 0.0595. The summed E-state index contributed by atoms with van der Waals surface area (Å²) < 4.78 is 16.3. The van der Waals surface area contributed by atoms with Crippen molar-refractivity contribution in [3.8, 4) is 17.2 Å². The third-order valence-corrected chi connectivity index (χ3v) is 7.04. The summed E-state index contributed by atoms with van der Waals surface area (Å²) in [6.07, 6.45) is 3.01. The predicted octanol–water partition coefficient (Wildman–Crippen LogP) is 3.19. The molecule has 1 aliphatic carbocycles. The maximum Gasteiger partial charge on any atom is 0.231 e. The van der Waals surface area contributed by atoms with Crippen LogP contribution in [0.4, 0.5) is 0 Å². The molecule has 1 amide bonds. The van der Waals surface area contributed by atoms with Crippen molar-refractivity contribution in [3.05, 3.63) is 28.2 Å². The van der Waals surface area contributed by atoms with Crippen LogP contribution >= 0.6 is 11.8 Å². The van der Waals surface area contributed by atoms with E-state index < -0.39 is 0 Å². The molecule has 1 aromatic rings. The molecule has 1 aromatic carbocycles. The molecule has 3 aliphatic rings. The maximum absolute atomic E-state index is 12.9. The number of carbonyl (C=O) groups excluding carboxylic acids is 1. The molecule has 7 heteroatoms. The van der Waals surface area contributed by atoms with E-state index in [0.29, 0.717) is 23.2 Å². The summed E-state index contributed by atoms with van der Waals surface area (Å²) in [4.78, 5) is 14.4. The Balaban J connectivity index is 1.61. The largest absolute Gasteiger partial charge is 0.493 e. The van der Waals surface area contributed by atoms with Crippen molar-refractivity contribution in [2.45, 2.75) is 37.7 Å². The number of fused-ring (bicyclic) bond motifs is 2. The number of allylic oxidation sites excluding steroid dienone is 1. The van der Waals surface area contributed by atoms with Crippen LogP contribution in [0.25, 0.3) is 0 Å². The summed E-state index contributed by atoms with van der Waals surface area (Å²) >= 11 is 1.83. The van der Waals surface area contributed by atoms with E-state index in [0.717, 1.165) is 18.4 Å². The smallest absolute Gasteiger partial charge is 0.231 e. The third-order valence-electron chi connectivity index (χ3n) is 5.67. The molecule has 0 bridgehead atoms. The summed E-state index contributed by atoms with van der Waals surface area (Å²) in [5.74, 6) is 2.45. The standard InChI is InChI=1S/C20H26N2O4S/c1-10-5-6-12-15(7-10)27-20-16(12)19(23)21-18(22-20)11-8-13(24-2)17(26-4)14(9-11)25-3/h8-10,16,18,20,22H,5-7H2,1-4H3,(H,21,23). The number of hydrogen-bond acceptors (Lipinski definition) is 6. The van der Waals surface area contributed by atoms with Crippen LogP contribution in [-0.2, 0) is 4.79 Å². The van der Waals surface area contributed by atoms with Crippen molar-refractivity contribution in [2.75, 3.05) is 21.3 Å². The Bertz CT molecular complexity index is 769. The molecule has 4 unspecified atom stereocenters. The van der Waals surface area contributed by atoms with Gasteiger partial charge < -0.3 is 19.5 Å². The SMILES string of the molecule is COc1cc(C2NC(=O)C3C4=C(CC(C)CC4)SC3N2)cc(OC)c1OC. The number of benzene rings is 1. The number of hydrogen-bond donors (Lipinski definition) is 2. The zero-order valence-corrected chi connectivity index (χ0v) is 16.9. The normalized spacial score (nSPS) is 29.7. The number of methoxy groups -OCH3 is 3. The van der Waals surface area contributed by atoms with Crippen LogP contribution in [0.5, 0.6) is 17.2 Å². The molecule has 2 heterocycles. The van der Waals surface area contributed by atoms with Gasteiger partial charge in [-0.2, -0.15) is 0 Å². The maximum atomic E-state index is 12.9. The fourth-order valence-corrected chi connectivity index (χ4v) is 5.96. The Kier molecular flexibility index (Phi) is 4.99. The Morgan fingerprint density at radius 3 is 2.44 bits per heavy atom. The summed E-state index contributed by atoms with van der Waals surface area (Å²) in [7, 11) is 4.77. The highest BCUT2D eigenvalue weighted by Gasteiger charge is 2.46. The van der Waals surface area contributed by atoms with Crippen LogP contribution < -0.4 is 24.8 Å².